The van der Waals surface area contributed by atoms with E-state index in [9.17, 15) is 9.90 Å². The maximum atomic E-state index is 11.6. The predicted molar refractivity (Wildman–Crippen MR) is 107 cm³/mol. The number of thioether (sulfide) groups is 1. The van der Waals surface area contributed by atoms with Crippen molar-refractivity contribution < 1.29 is 9.90 Å². The lowest BCUT2D eigenvalue weighted by Crippen LogP contribution is -2.15. The standard InChI is InChI=1S/C19H23N4O2S/c20-19(25)16-8-12-5-11(7-17-22-14(9-24)10-26-17)6-15(18(12)23-16)21-13-3-1-2-4-13/h5-8,13-14,21,23-24H,1-4,9-10H2,(H2,20,25)/t14-/m1/s1. The third-order valence-electron chi connectivity index (χ3n) is 4.97. The number of carbonyl (C=O) groups is 1. The maximum Gasteiger partial charge on any atom is 0.265 e. The minimum Gasteiger partial charge on any atom is -0.394 e. The number of aromatic amines is 1. The van der Waals surface area contributed by atoms with Crippen molar-refractivity contribution in [3.8, 4) is 0 Å². The van der Waals surface area contributed by atoms with Gasteiger partial charge in [-0.3, -0.25) is 9.79 Å². The van der Waals surface area contributed by atoms with E-state index in [-0.39, 0.29) is 12.6 Å². The van der Waals surface area contributed by atoms with E-state index in [4.69, 9.17) is 5.73 Å². The lowest BCUT2D eigenvalue weighted by molar-refractivity contribution is 0.0996. The highest BCUT2D eigenvalue weighted by Crippen LogP contribution is 2.31. The molecule has 2 aliphatic rings. The zero-order valence-corrected chi connectivity index (χ0v) is 15.3. The van der Waals surface area contributed by atoms with Gasteiger partial charge in [0.15, 0.2) is 0 Å². The van der Waals surface area contributed by atoms with Crippen molar-refractivity contribution in [1.82, 2.24) is 4.98 Å². The average Bonchev–Trinajstić information content (AvgIpc) is 3.34. The van der Waals surface area contributed by atoms with E-state index in [1.807, 2.05) is 12.5 Å². The Morgan fingerprint density at radius 3 is 2.88 bits per heavy atom. The van der Waals surface area contributed by atoms with Gasteiger partial charge < -0.3 is 21.1 Å². The quantitative estimate of drug-likeness (QED) is 0.627. The summed E-state index contributed by atoms with van der Waals surface area (Å²) in [5.74, 6) is 0.355. The molecule has 2 aromatic rings. The van der Waals surface area contributed by atoms with Gasteiger partial charge >= 0.3 is 0 Å². The van der Waals surface area contributed by atoms with E-state index in [2.05, 4.69) is 21.4 Å². The molecule has 0 spiro atoms. The molecule has 1 amide bonds. The monoisotopic (exact) mass is 371 g/mol. The van der Waals surface area contributed by atoms with Crippen molar-refractivity contribution in [3.63, 3.8) is 0 Å². The highest BCUT2D eigenvalue weighted by atomic mass is 32.2. The van der Waals surface area contributed by atoms with Crippen LogP contribution in [0.5, 0.6) is 0 Å². The van der Waals surface area contributed by atoms with Crippen LogP contribution in [0.4, 0.5) is 5.69 Å². The second-order valence-electron chi connectivity index (χ2n) is 6.96. The number of carbonyl (C=O) groups excluding carboxylic acids is 1. The minimum atomic E-state index is -0.458. The van der Waals surface area contributed by atoms with Crippen LogP contribution in [0.3, 0.4) is 0 Å². The van der Waals surface area contributed by atoms with Gasteiger partial charge in [0.1, 0.15) is 5.69 Å². The summed E-state index contributed by atoms with van der Waals surface area (Å²) in [5.41, 5.74) is 8.80. The third-order valence-corrected chi connectivity index (χ3v) is 6.04. The second kappa shape index (κ2) is 7.32. The highest BCUT2D eigenvalue weighted by molar-refractivity contribution is 8.14. The molecule has 1 atom stereocenters. The van der Waals surface area contributed by atoms with Crippen molar-refractivity contribution in [1.29, 1.82) is 0 Å². The molecule has 5 N–H and O–H groups in total. The van der Waals surface area contributed by atoms with Crippen molar-refractivity contribution in [3.05, 3.63) is 35.9 Å². The molecule has 2 heterocycles. The number of hydrogen-bond donors (Lipinski definition) is 4. The van der Waals surface area contributed by atoms with Gasteiger partial charge in [-0.1, -0.05) is 12.8 Å². The van der Waals surface area contributed by atoms with E-state index in [0.29, 0.717) is 11.7 Å². The molecular weight excluding hydrogens is 348 g/mol. The Bertz CT molecular complexity index is 855. The van der Waals surface area contributed by atoms with E-state index in [0.717, 1.165) is 33.0 Å². The summed E-state index contributed by atoms with van der Waals surface area (Å²) in [6.45, 7) is 0.0810. The molecule has 6 nitrogen and oxygen atoms in total. The van der Waals surface area contributed by atoms with E-state index >= 15 is 0 Å². The third kappa shape index (κ3) is 3.59. The number of aliphatic hydroxyl groups excluding tert-OH is 1. The van der Waals surface area contributed by atoms with Crippen molar-refractivity contribution in [2.75, 3.05) is 17.7 Å². The minimum absolute atomic E-state index is 0.0141. The number of nitrogens with two attached hydrogens (primary N) is 1. The van der Waals surface area contributed by atoms with Gasteiger partial charge in [-0.25, -0.2) is 0 Å². The number of primary amides is 1. The van der Waals surface area contributed by atoms with Gasteiger partial charge in [-0.2, -0.15) is 0 Å². The van der Waals surface area contributed by atoms with Crippen LogP contribution in [-0.2, 0) is 0 Å². The van der Waals surface area contributed by atoms with Crippen LogP contribution in [0.15, 0.2) is 23.2 Å². The van der Waals surface area contributed by atoms with E-state index < -0.39 is 5.91 Å². The molecule has 1 aromatic heterocycles. The largest absolute Gasteiger partial charge is 0.394 e. The first kappa shape index (κ1) is 17.4. The number of aromatic nitrogens is 1. The second-order valence-corrected chi connectivity index (χ2v) is 8.01. The van der Waals surface area contributed by atoms with Crippen molar-refractivity contribution in [2.45, 2.75) is 37.8 Å². The number of nitrogens with one attached hydrogen (secondary N) is 2. The van der Waals surface area contributed by atoms with Crippen LogP contribution >= 0.6 is 11.8 Å². The SMILES string of the molecule is NC(=O)c1cc2cc([CH]C3=N[C@H](CO)CS3)cc(NC3CCCC3)c2[nH]1. The lowest BCUT2D eigenvalue weighted by atomic mass is 10.1. The van der Waals surface area contributed by atoms with Gasteiger partial charge in [0.05, 0.1) is 28.9 Å². The number of H-pyrrole nitrogens is 1. The first-order chi connectivity index (χ1) is 12.6. The molecule has 137 valence electrons. The van der Waals surface area contributed by atoms with Crippen LogP contribution in [0.25, 0.3) is 10.9 Å². The van der Waals surface area contributed by atoms with Crippen LogP contribution in [0.1, 0.15) is 41.7 Å². The Morgan fingerprint density at radius 1 is 1.38 bits per heavy atom. The first-order valence-electron chi connectivity index (χ1n) is 9.01. The smallest absolute Gasteiger partial charge is 0.265 e. The Balaban J connectivity index is 1.67. The Labute approximate surface area is 156 Å². The summed E-state index contributed by atoms with van der Waals surface area (Å²) in [7, 11) is 0. The summed E-state index contributed by atoms with van der Waals surface area (Å²) in [4.78, 5) is 19.3. The van der Waals surface area contributed by atoms with Gasteiger partial charge in [-0.15, -0.1) is 11.8 Å². The molecule has 1 radical (unpaired) electrons. The number of benzene rings is 1. The predicted octanol–water partition coefficient (Wildman–Crippen LogP) is 2.68. The highest BCUT2D eigenvalue weighted by Gasteiger charge is 2.20. The van der Waals surface area contributed by atoms with Crippen LogP contribution in [0, 0.1) is 6.42 Å². The number of aliphatic hydroxyl groups is 1. The summed E-state index contributed by atoms with van der Waals surface area (Å²) < 4.78 is 0. The number of hydrogen-bond acceptors (Lipinski definition) is 5. The zero-order chi connectivity index (χ0) is 18.1. The molecule has 1 aromatic carbocycles. The molecule has 0 bridgehead atoms. The van der Waals surface area contributed by atoms with Gasteiger partial charge in [0.2, 0.25) is 0 Å². The van der Waals surface area contributed by atoms with Crippen molar-refractivity contribution in [2.24, 2.45) is 10.7 Å². The zero-order valence-electron chi connectivity index (χ0n) is 14.5. The summed E-state index contributed by atoms with van der Waals surface area (Å²) in [6, 6.07) is 6.38. The molecular formula is C19H23N4O2S. The summed E-state index contributed by atoms with van der Waals surface area (Å²) in [5, 5.41) is 14.8. The Kier molecular flexibility index (Phi) is 4.91. The Morgan fingerprint density at radius 2 is 2.19 bits per heavy atom. The molecule has 26 heavy (non-hydrogen) atoms. The molecule has 0 saturated heterocycles. The number of nitrogens with zero attached hydrogens (tertiary/aromatic N) is 1. The molecule has 1 fully saturated rings. The van der Waals surface area contributed by atoms with Crippen LogP contribution < -0.4 is 11.1 Å². The number of aliphatic imine (C=N–C) groups is 1. The van der Waals surface area contributed by atoms with Crippen LogP contribution in [-0.4, -0.2) is 45.5 Å². The van der Waals surface area contributed by atoms with Gasteiger partial charge in [0.25, 0.3) is 5.91 Å². The molecule has 0 unspecified atom stereocenters. The number of fused-ring (bicyclic) bond motifs is 1. The average molecular weight is 371 g/mol. The lowest BCUT2D eigenvalue weighted by Gasteiger charge is -2.16. The van der Waals surface area contributed by atoms with Gasteiger partial charge in [0, 0.05) is 23.6 Å². The van der Waals surface area contributed by atoms with Gasteiger partial charge in [-0.05, 0) is 36.6 Å². The fourth-order valence-electron chi connectivity index (χ4n) is 3.64. The number of rotatable bonds is 6. The Hall–Kier alpha value is -1.99. The molecule has 4 rings (SSSR count). The summed E-state index contributed by atoms with van der Waals surface area (Å²) in [6.07, 6.45) is 6.87. The number of amides is 1. The molecule has 1 aliphatic heterocycles. The topological polar surface area (TPSA) is 104 Å². The molecule has 1 aliphatic carbocycles. The van der Waals surface area contributed by atoms with E-state index in [1.165, 1.54) is 25.7 Å². The van der Waals surface area contributed by atoms with Crippen LogP contribution in [0.2, 0.25) is 0 Å². The fourth-order valence-corrected chi connectivity index (χ4v) is 4.62. The molecule has 1 saturated carbocycles. The maximum absolute atomic E-state index is 11.6. The van der Waals surface area contributed by atoms with Crippen molar-refractivity contribution >= 4 is 39.3 Å². The summed E-state index contributed by atoms with van der Waals surface area (Å²) >= 11 is 1.66. The number of anilines is 1. The molecule has 7 heteroatoms. The first-order valence-corrected chi connectivity index (χ1v) is 10.0. The van der Waals surface area contributed by atoms with E-state index in [1.54, 1.807) is 17.8 Å². The normalized spacial score (nSPS) is 20.7. The fraction of sp³-hybridized carbons (Fsp3) is 0.421.